The minimum Gasteiger partial charge on any atom is -0.327 e. The van der Waals surface area contributed by atoms with Crippen LogP contribution < -0.4 is 0 Å². The van der Waals surface area contributed by atoms with Crippen LogP contribution in [0.25, 0.3) is 22.1 Å². The normalized spacial score (nSPS) is 11.5. The van der Waals surface area contributed by atoms with Gasteiger partial charge in [-0.2, -0.15) is 0 Å². The molecule has 98 valence electrons. The van der Waals surface area contributed by atoms with Crippen molar-refractivity contribution in [3.05, 3.63) is 24.3 Å². The monoisotopic (exact) mass is 272 g/mol. The summed E-state index contributed by atoms with van der Waals surface area (Å²) in [6, 6.07) is 8.21. The summed E-state index contributed by atoms with van der Waals surface area (Å²) < 4.78 is 2.09. The van der Waals surface area contributed by atoms with Gasteiger partial charge >= 0.3 is 0 Å². The molecule has 0 aliphatic carbocycles. The maximum absolute atomic E-state index is 4.64. The summed E-state index contributed by atoms with van der Waals surface area (Å²) in [6.45, 7) is 2.19. The fourth-order valence-electron chi connectivity index (χ4n) is 2.16. The van der Waals surface area contributed by atoms with Crippen LogP contribution in [0, 0.1) is 0 Å². The van der Waals surface area contributed by atoms with Crippen LogP contribution >= 0.6 is 11.8 Å². The summed E-state index contributed by atoms with van der Waals surface area (Å²) in [5, 5.41) is 10.5. The molecule has 4 nitrogen and oxygen atoms in total. The number of thioether (sulfide) groups is 1. The molecule has 19 heavy (non-hydrogen) atoms. The first-order valence-corrected chi connectivity index (χ1v) is 7.50. The van der Waals surface area contributed by atoms with E-state index < -0.39 is 0 Å². The molecule has 0 fully saturated rings. The maximum atomic E-state index is 4.64. The topological polar surface area (TPSA) is 43.6 Å². The second kappa shape index (κ2) is 5.17. The molecule has 1 aromatic carbocycles. The van der Waals surface area contributed by atoms with Crippen molar-refractivity contribution in [1.29, 1.82) is 0 Å². The molecule has 2 heterocycles. The van der Waals surface area contributed by atoms with Crippen molar-refractivity contribution in [2.45, 2.75) is 24.9 Å². The van der Waals surface area contributed by atoms with Gasteiger partial charge in [0.15, 0.2) is 5.65 Å². The quantitative estimate of drug-likeness (QED) is 0.539. The standard InChI is InChI=1S/C14H16N4S/c1-3-4-9-19-14-15-13-12(16-17-14)10-7-5-6-8-11(10)18(13)2/h5-8H,3-4,9H2,1-2H3. The summed E-state index contributed by atoms with van der Waals surface area (Å²) in [7, 11) is 2.03. The molecule has 0 unspecified atom stereocenters. The highest BCUT2D eigenvalue weighted by Gasteiger charge is 2.11. The van der Waals surface area contributed by atoms with Crippen molar-refractivity contribution in [2.24, 2.45) is 7.05 Å². The summed E-state index contributed by atoms with van der Waals surface area (Å²) in [4.78, 5) is 4.64. The van der Waals surface area contributed by atoms with E-state index in [0.29, 0.717) is 0 Å². The van der Waals surface area contributed by atoms with Crippen LogP contribution in [0.1, 0.15) is 19.8 Å². The molecule has 5 heteroatoms. The maximum Gasteiger partial charge on any atom is 0.211 e. The van der Waals surface area contributed by atoms with Crippen molar-refractivity contribution in [2.75, 3.05) is 5.75 Å². The van der Waals surface area contributed by atoms with Crippen LogP contribution in [-0.4, -0.2) is 25.5 Å². The minimum atomic E-state index is 0.770. The summed E-state index contributed by atoms with van der Waals surface area (Å²) in [6.07, 6.45) is 2.37. The summed E-state index contributed by atoms with van der Waals surface area (Å²) in [5.41, 5.74) is 2.95. The number of aryl methyl sites for hydroxylation is 1. The Morgan fingerprint density at radius 2 is 2.05 bits per heavy atom. The molecule has 3 aromatic rings. The summed E-state index contributed by atoms with van der Waals surface area (Å²) >= 11 is 1.68. The number of nitrogens with zero attached hydrogens (tertiary/aromatic N) is 4. The van der Waals surface area contributed by atoms with E-state index in [4.69, 9.17) is 0 Å². The Morgan fingerprint density at radius 3 is 2.89 bits per heavy atom. The van der Waals surface area contributed by atoms with Gasteiger partial charge in [-0.05, 0) is 12.5 Å². The zero-order chi connectivity index (χ0) is 13.2. The number of fused-ring (bicyclic) bond motifs is 3. The molecule has 0 saturated heterocycles. The largest absolute Gasteiger partial charge is 0.327 e. The Labute approximate surface area is 116 Å². The van der Waals surface area contributed by atoms with Crippen LogP contribution in [0.3, 0.4) is 0 Å². The van der Waals surface area contributed by atoms with Crippen molar-refractivity contribution >= 4 is 33.8 Å². The van der Waals surface area contributed by atoms with Crippen molar-refractivity contribution in [3.8, 4) is 0 Å². The van der Waals surface area contributed by atoms with E-state index >= 15 is 0 Å². The molecule has 0 saturated carbocycles. The fraction of sp³-hybridized carbons (Fsp3) is 0.357. The van der Waals surface area contributed by atoms with Crippen LogP contribution in [0.4, 0.5) is 0 Å². The van der Waals surface area contributed by atoms with Crippen molar-refractivity contribution < 1.29 is 0 Å². The van der Waals surface area contributed by atoms with Crippen LogP contribution in [0.2, 0.25) is 0 Å². The Balaban J connectivity index is 2.07. The van der Waals surface area contributed by atoms with E-state index in [1.165, 1.54) is 12.8 Å². The predicted octanol–water partition coefficient (Wildman–Crippen LogP) is 3.41. The number of hydrogen-bond acceptors (Lipinski definition) is 4. The average molecular weight is 272 g/mol. The first-order chi connectivity index (χ1) is 9.31. The third kappa shape index (κ3) is 2.18. The van der Waals surface area contributed by atoms with Gasteiger partial charge in [-0.15, -0.1) is 10.2 Å². The molecule has 3 rings (SSSR count). The summed E-state index contributed by atoms with van der Waals surface area (Å²) in [5.74, 6) is 1.05. The van der Waals surface area contributed by atoms with Gasteiger partial charge in [-0.3, -0.25) is 0 Å². The molecule has 0 aliphatic heterocycles. The molecule has 2 aromatic heterocycles. The molecule has 0 atom stereocenters. The zero-order valence-electron chi connectivity index (χ0n) is 11.1. The number of para-hydroxylation sites is 1. The number of hydrogen-bond donors (Lipinski definition) is 0. The smallest absolute Gasteiger partial charge is 0.211 e. The molecular formula is C14H16N4S. The first kappa shape index (κ1) is 12.4. The molecule has 0 spiro atoms. The third-order valence-electron chi connectivity index (χ3n) is 3.22. The van der Waals surface area contributed by atoms with Crippen LogP contribution in [0.5, 0.6) is 0 Å². The number of benzene rings is 1. The molecule has 0 bridgehead atoms. The highest BCUT2D eigenvalue weighted by Crippen LogP contribution is 2.25. The van der Waals surface area contributed by atoms with Gasteiger partial charge in [-0.1, -0.05) is 43.3 Å². The highest BCUT2D eigenvalue weighted by molar-refractivity contribution is 7.99. The number of rotatable bonds is 4. The predicted molar refractivity (Wildman–Crippen MR) is 79.4 cm³/mol. The zero-order valence-corrected chi connectivity index (χ0v) is 11.9. The van der Waals surface area contributed by atoms with Gasteiger partial charge in [0.25, 0.3) is 0 Å². The number of unbranched alkanes of at least 4 members (excludes halogenated alkanes) is 1. The molecule has 0 aliphatic rings. The molecule has 0 amide bonds. The molecule has 0 radical (unpaired) electrons. The Hall–Kier alpha value is -1.62. The minimum absolute atomic E-state index is 0.770. The van der Waals surface area contributed by atoms with Crippen molar-refractivity contribution in [3.63, 3.8) is 0 Å². The second-order valence-corrected chi connectivity index (χ2v) is 5.61. The van der Waals surface area contributed by atoms with E-state index in [9.17, 15) is 0 Å². The van der Waals surface area contributed by atoms with Gasteiger partial charge in [0.1, 0.15) is 5.52 Å². The van der Waals surface area contributed by atoms with Crippen LogP contribution in [-0.2, 0) is 7.05 Å². The number of aromatic nitrogens is 4. The lowest BCUT2D eigenvalue weighted by atomic mass is 10.2. The lowest BCUT2D eigenvalue weighted by Gasteiger charge is -1.99. The lowest BCUT2D eigenvalue weighted by molar-refractivity contribution is 0.846. The van der Waals surface area contributed by atoms with E-state index in [1.807, 2.05) is 19.2 Å². The van der Waals surface area contributed by atoms with E-state index in [2.05, 4.69) is 38.8 Å². The highest BCUT2D eigenvalue weighted by atomic mass is 32.2. The average Bonchev–Trinajstić information content (AvgIpc) is 2.73. The van der Waals surface area contributed by atoms with E-state index in [1.54, 1.807) is 11.8 Å². The van der Waals surface area contributed by atoms with E-state index in [0.717, 1.165) is 33.0 Å². The van der Waals surface area contributed by atoms with Gasteiger partial charge in [0.05, 0.1) is 5.52 Å². The second-order valence-electron chi connectivity index (χ2n) is 4.54. The Morgan fingerprint density at radius 1 is 1.21 bits per heavy atom. The first-order valence-electron chi connectivity index (χ1n) is 6.52. The molecular weight excluding hydrogens is 256 g/mol. The lowest BCUT2D eigenvalue weighted by Crippen LogP contribution is -1.96. The SMILES string of the molecule is CCCCSc1nnc2c3ccccc3n(C)c2n1. The Kier molecular flexibility index (Phi) is 3.38. The van der Waals surface area contributed by atoms with Gasteiger partial charge in [0, 0.05) is 18.2 Å². The third-order valence-corrected chi connectivity index (χ3v) is 4.14. The van der Waals surface area contributed by atoms with Crippen molar-refractivity contribution in [1.82, 2.24) is 19.7 Å². The Bertz CT molecular complexity index is 720. The fourth-order valence-corrected chi connectivity index (χ4v) is 3.03. The van der Waals surface area contributed by atoms with Gasteiger partial charge in [0.2, 0.25) is 5.16 Å². The van der Waals surface area contributed by atoms with Gasteiger partial charge in [-0.25, -0.2) is 4.98 Å². The van der Waals surface area contributed by atoms with Gasteiger partial charge < -0.3 is 4.57 Å². The molecule has 0 N–H and O–H groups in total. The van der Waals surface area contributed by atoms with Crippen LogP contribution in [0.15, 0.2) is 29.4 Å². The van der Waals surface area contributed by atoms with E-state index in [-0.39, 0.29) is 0 Å².